The van der Waals surface area contributed by atoms with Gasteiger partial charge in [-0.3, -0.25) is 13.9 Å². The number of urea groups is 2. The van der Waals surface area contributed by atoms with Gasteiger partial charge in [0.05, 0.1) is 0 Å². The van der Waals surface area contributed by atoms with Crippen molar-refractivity contribution in [3.05, 3.63) is 0 Å². The van der Waals surface area contributed by atoms with Gasteiger partial charge in [-0.2, -0.15) is 0 Å². The monoisotopic (exact) mass is 191 g/mol. The lowest BCUT2D eigenvalue weighted by Gasteiger charge is -2.34. The molecule has 0 aromatic heterocycles. The van der Waals surface area contributed by atoms with Gasteiger partial charge < -0.3 is 0 Å². The Morgan fingerprint density at radius 1 is 1.00 bits per heavy atom. The van der Waals surface area contributed by atoms with E-state index in [-0.39, 0.29) is 0 Å². The smallest absolute Gasteiger partial charge is 0.279 e. The van der Waals surface area contributed by atoms with Gasteiger partial charge in [-0.25, -0.2) is 14.5 Å². The van der Waals surface area contributed by atoms with Crippen molar-refractivity contribution in [2.45, 2.75) is 0 Å². The van der Waals surface area contributed by atoms with Gasteiger partial charge in [0.15, 0.2) is 0 Å². The van der Waals surface area contributed by atoms with E-state index >= 15 is 0 Å². The van der Waals surface area contributed by atoms with Crippen LogP contribution in [0.2, 0.25) is 0 Å². The summed E-state index contributed by atoms with van der Waals surface area (Å²) in [5.41, 5.74) is 0. The fraction of sp³-hybridized carbons (Fsp3) is 0.600. The molecule has 12 heavy (non-hydrogen) atoms. The number of hydrogen-bond donors (Lipinski definition) is 0. The van der Waals surface area contributed by atoms with Gasteiger partial charge in [0, 0.05) is 21.1 Å². The van der Waals surface area contributed by atoms with Crippen LogP contribution in [-0.4, -0.2) is 47.4 Å². The molecule has 7 heteroatoms. The van der Waals surface area contributed by atoms with Gasteiger partial charge in [0.1, 0.15) is 0 Å². The maximum Gasteiger partial charge on any atom is 0.334 e. The Hall–Kier alpha value is -1.03. The van der Waals surface area contributed by atoms with E-state index in [1.54, 1.807) is 0 Å². The van der Waals surface area contributed by atoms with Gasteiger partial charge in [-0.1, -0.05) is 0 Å². The summed E-state index contributed by atoms with van der Waals surface area (Å²) in [6.07, 6.45) is 0. The van der Waals surface area contributed by atoms with Crippen LogP contribution in [0.5, 0.6) is 0 Å². The third-order valence-electron chi connectivity index (χ3n) is 1.72. The summed E-state index contributed by atoms with van der Waals surface area (Å²) in [7, 11) is 1.76. The average molecular weight is 191 g/mol. The first-order chi connectivity index (χ1) is 5.46. The third kappa shape index (κ3) is 1.08. The minimum Gasteiger partial charge on any atom is -0.279 e. The topological polar surface area (TPSA) is 60.9 Å². The highest BCUT2D eigenvalue weighted by Gasteiger charge is 2.35. The molecule has 1 fully saturated rings. The predicted octanol–water partition coefficient (Wildman–Crippen LogP) is 0.425. The average Bonchev–Trinajstić information content (AvgIpc) is 2.08. The predicted molar refractivity (Wildman–Crippen MR) is 43.1 cm³/mol. The molecular formula is C5H10N3O3P. The molecule has 68 valence electrons. The Bertz CT molecular complexity index is 206. The van der Waals surface area contributed by atoms with E-state index in [1.807, 2.05) is 0 Å². The lowest BCUT2D eigenvalue weighted by atomic mass is 10.7. The van der Waals surface area contributed by atoms with E-state index in [4.69, 9.17) is 0 Å². The van der Waals surface area contributed by atoms with Crippen LogP contribution >= 0.6 is 8.10 Å². The van der Waals surface area contributed by atoms with Gasteiger partial charge in [-0.15, -0.1) is 0 Å². The number of rotatable bonds is 0. The summed E-state index contributed by atoms with van der Waals surface area (Å²) in [5.74, 6) is 0. The maximum absolute atomic E-state index is 11.3. The highest BCUT2D eigenvalue weighted by molar-refractivity contribution is 7.41. The van der Waals surface area contributed by atoms with Crippen molar-refractivity contribution in [3.63, 3.8) is 0 Å². The Morgan fingerprint density at radius 3 is 1.67 bits per heavy atom. The lowest BCUT2D eigenvalue weighted by molar-refractivity contribution is 0.166. The van der Waals surface area contributed by atoms with Crippen LogP contribution in [0, 0.1) is 0 Å². The van der Waals surface area contributed by atoms with Crippen LogP contribution in [0.4, 0.5) is 9.59 Å². The summed E-state index contributed by atoms with van der Waals surface area (Å²) in [5, 5.41) is 0. The fourth-order valence-electron chi connectivity index (χ4n) is 0.920. The molecule has 1 aliphatic rings. The second kappa shape index (κ2) is 2.79. The van der Waals surface area contributed by atoms with Crippen LogP contribution in [-0.2, 0) is 4.57 Å². The molecule has 0 unspecified atom stereocenters. The van der Waals surface area contributed by atoms with Gasteiger partial charge in [-0.05, 0) is 0 Å². The van der Waals surface area contributed by atoms with Gasteiger partial charge >= 0.3 is 12.1 Å². The molecule has 1 saturated heterocycles. The summed E-state index contributed by atoms with van der Waals surface area (Å²) in [4.78, 5) is 23.2. The van der Waals surface area contributed by atoms with Gasteiger partial charge in [0.2, 0.25) is 0 Å². The van der Waals surface area contributed by atoms with Crippen LogP contribution < -0.4 is 0 Å². The van der Waals surface area contributed by atoms with Crippen molar-refractivity contribution in [3.8, 4) is 0 Å². The number of amides is 4. The van der Waals surface area contributed by atoms with E-state index in [1.165, 1.54) is 21.1 Å². The fourth-order valence-corrected chi connectivity index (χ4v) is 2.00. The highest BCUT2D eigenvalue weighted by Crippen LogP contribution is 2.34. The minimum atomic E-state index is -2.40. The number of nitrogens with zero attached hydrogens (tertiary/aromatic N) is 3. The Balaban J connectivity index is 2.99. The summed E-state index contributed by atoms with van der Waals surface area (Å²) < 4.78 is 13.4. The number of imide groups is 1. The molecule has 1 rings (SSSR count). The van der Waals surface area contributed by atoms with E-state index in [0.29, 0.717) is 0 Å². The molecule has 0 atom stereocenters. The zero-order chi connectivity index (χ0) is 9.46. The quantitative estimate of drug-likeness (QED) is 0.521. The van der Waals surface area contributed by atoms with E-state index in [9.17, 15) is 14.2 Å². The molecule has 1 heterocycles. The van der Waals surface area contributed by atoms with Crippen molar-refractivity contribution in [2.75, 3.05) is 21.1 Å². The van der Waals surface area contributed by atoms with Gasteiger partial charge in [0.25, 0.3) is 8.10 Å². The Labute approximate surface area is 70.6 Å². The second-order valence-corrected chi connectivity index (χ2v) is 4.43. The van der Waals surface area contributed by atoms with Crippen molar-refractivity contribution in [1.82, 2.24) is 14.2 Å². The number of carbonyl (C=O) groups is 2. The standard InChI is InChI=1S/C5H10N3O3P/c1-6-4(9)7(2)12(11)8(3)5(6)10/h12H,1-3H3. The molecule has 0 aliphatic carbocycles. The first kappa shape index (κ1) is 9.06. The zero-order valence-corrected chi connectivity index (χ0v) is 8.07. The molecule has 0 aromatic carbocycles. The molecule has 0 N–H and O–H groups in total. The van der Waals surface area contributed by atoms with Crippen LogP contribution in [0.25, 0.3) is 0 Å². The van der Waals surface area contributed by atoms with Crippen molar-refractivity contribution in [2.24, 2.45) is 0 Å². The SMILES string of the molecule is CN1C(=O)N(C)[PH](=O)N(C)C1=O. The molecule has 4 amide bonds. The lowest BCUT2D eigenvalue weighted by Crippen LogP contribution is -2.50. The second-order valence-electron chi connectivity index (χ2n) is 2.52. The largest absolute Gasteiger partial charge is 0.334 e. The molecule has 0 aromatic rings. The Kier molecular flexibility index (Phi) is 2.10. The van der Waals surface area contributed by atoms with Crippen molar-refractivity contribution in [1.29, 1.82) is 0 Å². The van der Waals surface area contributed by atoms with E-state index in [2.05, 4.69) is 0 Å². The maximum atomic E-state index is 11.3. The molecular weight excluding hydrogens is 181 g/mol. The van der Waals surface area contributed by atoms with Crippen molar-refractivity contribution < 1.29 is 14.2 Å². The molecule has 0 radical (unpaired) electrons. The van der Waals surface area contributed by atoms with Crippen molar-refractivity contribution >= 4 is 20.2 Å². The summed E-state index contributed by atoms with van der Waals surface area (Å²) in [6, 6.07) is -1.05. The summed E-state index contributed by atoms with van der Waals surface area (Å²) >= 11 is 0. The van der Waals surface area contributed by atoms with E-state index in [0.717, 1.165) is 14.2 Å². The van der Waals surface area contributed by atoms with Crippen LogP contribution in [0.1, 0.15) is 0 Å². The van der Waals surface area contributed by atoms with E-state index < -0.39 is 20.2 Å². The Morgan fingerprint density at radius 2 is 1.33 bits per heavy atom. The van der Waals surface area contributed by atoms with Crippen LogP contribution in [0.15, 0.2) is 0 Å². The zero-order valence-electron chi connectivity index (χ0n) is 7.07. The molecule has 0 saturated carbocycles. The highest BCUT2D eigenvalue weighted by atomic mass is 31.1. The first-order valence-corrected chi connectivity index (χ1v) is 4.60. The summed E-state index contributed by atoms with van der Waals surface area (Å²) in [6.45, 7) is 0. The number of hydrogen-bond acceptors (Lipinski definition) is 3. The normalized spacial score (nSPS) is 20.8. The molecule has 1 aliphatic heterocycles. The molecule has 6 nitrogen and oxygen atoms in total. The van der Waals surface area contributed by atoms with Crippen LogP contribution in [0.3, 0.4) is 0 Å². The first-order valence-electron chi connectivity index (χ1n) is 3.30. The molecule has 0 bridgehead atoms. The minimum absolute atomic E-state index is 0.526. The number of carbonyl (C=O) groups excluding carboxylic acids is 2. The molecule has 0 spiro atoms. The third-order valence-corrected chi connectivity index (χ3v) is 3.25.